The van der Waals surface area contributed by atoms with Crippen LogP contribution in [0.25, 0.3) is 0 Å². The second kappa shape index (κ2) is 5.76. The van der Waals surface area contributed by atoms with Gasteiger partial charge in [-0.15, -0.1) is 0 Å². The molecule has 2 rings (SSSR count). The summed E-state index contributed by atoms with van der Waals surface area (Å²) in [6.45, 7) is 0.418. The Hall–Kier alpha value is -2.71. The Morgan fingerprint density at radius 2 is 2.37 bits per heavy atom. The highest BCUT2D eigenvalue weighted by molar-refractivity contribution is 5.75. The van der Waals surface area contributed by atoms with Crippen LogP contribution in [-0.2, 0) is 17.8 Å². The van der Waals surface area contributed by atoms with E-state index in [4.69, 9.17) is 0 Å². The Morgan fingerprint density at radius 3 is 3.00 bits per heavy atom. The van der Waals surface area contributed by atoms with E-state index in [2.05, 4.69) is 20.4 Å². The van der Waals surface area contributed by atoms with Crippen molar-refractivity contribution >= 4 is 11.6 Å². The normalized spacial score (nSPS) is 10.3. The fourth-order valence-corrected chi connectivity index (χ4v) is 1.49. The van der Waals surface area contributed by atoms with Gasteiger partial charge in [0.1, 0.15) is 18.9 Å². The zero-order valence-corrected chi connectivity index (χ0v) is 9.94. The average Bonchev–Trinajstić information content (AvgIpc) is 3.00. The first-order chi connectivity index (χ1) is 9.15. The molecule has 0 bridgehead atoms. The smallest absolute Gasteiger partial charge is 0.307 e. The fourth-order valence-electron chi connectivity index (χ4n) is 1.49. The van der Waals surface area contributed by atoms with Gasteiger partial charge in [0.2, 0.25) is 5.91 Å². The summed E-state index contributed by atoms with van der Waals surface area (Å²) in [4.78, 5) is 28.2. The minimum atomic E-state index is -0.556. The molecule has 0 aliphatic carbocycles. The molecule has 0 fully saturated rings. The maximum atomic E-state index is 11.6. The predicted molar refractivity (Wildman–Crippen MR) is 64.2 cm³/mol. The zero-order valence-electron chi connectivity index (χ0n) is 9.94. The topological polar surface area (TPSA) is 119 Å². The van der Waals surface area contributed by atoms with E-state index in [1.165, 1.54) is 10.9 Å². The predicted octanol–water partition coefficient (Wildman–Crippen LogP) is -0.127. The molecule has 0 aliphatic heterocycles. The van der Waals surface area contributed by atoms with Crippen LogP contribution in [0.2, 0.25) is 0 Å². The van der Waals surface area contributed by atoms with Gasteiger partial charge in [-0.05, 0) is 0 Å². The van der Waals surface area contributed by atoms with Gasteiger partial charge in [-0.2, -0.15) is 5.10 Å². The van der Waals surface area contributed by atoms with Gasteiger partial charge in [-0.1, -0.05) is 0 Å². The number of hydrogen-bond donors (Lipinski definition) is 2. The number of nitrogens with one attached hydrogen (secondary N) is 2. The minimum Gasteiger partial charge on any atom is -0.354 e. The van der Waals surface area contributed by atoms with Crippen LogP contribution in [0.15, 0.2) is 24.9 Å². The van der Waals surface area contributed by atoms with Crippen molar-refractivity contribution in [2.75, 3.05) is 6.54 Å². The molecule has 2 aromatic rings. The van der Waals surface area contributed by atoms with Gasteiger partial charge in [0.25, 0.3) is 0 Å². The molecule has 9 nitrogen and oxygen atoms in total. The summed E-state index contributed by atoms with van der Waals surface area (Å²) in [5.74, 6) is -0.252. The molecule has 0 atom stereocenters. The van der Waals surface area contributed by atoms with E-state index >= 15 is 0 Å². The van der Waals surface area contributed by atoms with Gasteiger partial charge < -0.3 is 10.3 Å². The van der Waals surface area contributed by atoms with Gasteiger partial charge in [0.05, 0.1) is 11.3 Å². The Bertz CT molecular complexity index is 562. The number of aromatic nitrogens is 4. The highest BCUT2D eigenvalue weighted by Gasteiger charge is 2.10. The second-order valence-electron chi connectivity index (χ2n) is 3.83. The molecule has 100 valence electrons. The summed E-state index contributed by atoms with van der Waals surface area (Å²) >= 11 is 0. The summed E-state index contributed by atoms with van der Waals surface area (Å²) < 4.78 is 1.23. The van der Waals surface area contributed by atoms with Crippen molar-refractivity contribution in [3.05, 3.63) is 40.7 Å². The number of nitro groups is 1. The van der Waals surface area contributed by atoms with Gasteiger partial charge in [-0.25, -0.2) is 4.98 Å². The number of amides is 1. The Balaban J connectivity index is 1.75. The van der Waals surface area contributed by atoms with Crippen molar-refractivity contribution in [3.8, 4) is 0 Å². The molecule has 0 unspecified atom stereocenters. The van der Waals surface area contributed by atoms with Gasteiger partial charge in [0, 0.05) is 24.9 Å². The Labute approximate surface area is 107 Å². The molecule has 2 N–H and O–H groups in total. The Morgan fingerprint density at radius 1 is 1.53 bits per heavy atom. The van der Waals surface area contributed by atoms with Gasteiger partial charge in [0.15, 0.2) is 0 Å². The lowest BCUT2D eigenvalue weighted by molar-refractivity contribution is -0.385. The van der Waals surface area contributed by atoms with Crippen LogP contribution < -0.4 is 5.32 Å². The maximum absolute atomic E-state index is 11.6. The minimum absolute atomic E-state index is 0.0448. The third kappa shape index (κ3) is 3.63. The molecule has 0 aliphatic rings. The monoisotopic (exact) mass is 264 g/mol. The highest BCUT2D eigenvalue weighted by atomic mass is 16.6. The van der Waals surface area contributed by atoms with Crippen LogP contribution in [0, 0.1) is 10.1 Å². The van der Waals surface area contributed by atoms with Crippen molar-refractivity contribution < 1.29 is 9.72 Å². The van der Waals surface area contributed by atoms with Crippen molar-refractivity contribution in [1.82, 2.24) is 25.1 Å². The quantitative estimate of drug-likeness (QED) is 0.556. The number of hydrogen-bond acceptors (Lipinski definition) is 5. The fraction of sp³-hybridized carbons (Fsp3) is 0.300. The lowest BCUT2D eigenvalue weighted by Gasteiger charge is -2.03. The van der Waals surface area contributed by atoms with Crippen LogP contribution in [0.1, 0.15) is 5.69 Å². The molecule has 0 saturated carbocycles. The molecule has 0 spiro atoms. The first kappa shape index (κ1) is 12.7. The molecule has 0 saturated heterocycles. The number of aromatic amines is 1. The zero-order chi connectivity index (χ0) is 13.7. The number of carbonyl (C=O) groups is 1. The average molecular weight is 264 g/mol. The number of rotatable bonds is 6. The molecule has 0 aromatic carbocycles. The lowest BCUT2D eigenvalue weighted by Crippen LogP contribution is -2.29. The standard InChI is InChI=1S/C10H12N6O3/c17-10(12-2-1-8-3-11-7-13-8)6-15-5-9(4-14-15)16(18)19/h3-5,7H,1-2,6H2,(H,11,13)(H,12,17). The van der Waals surface area contributed by atoms with E-state index in [-0.39, 0.29) is 18.1 Å². The van der Waals surface area contributed by atoms with Crippen LogP contribution in [0.4, 0.5) is 5.69 Å². The van der Waals surface area contributed by atoms with Gasteiger partial charge in [-0.3, -0.25) is 19.6 Å². The summed E-state index contributed by atoms with van der Waals surface area (Å²) in [6, 6.07) is 0. The van der Waals surface area contributed by atoms with Crippen molar-refractivity contribution in [1.29, 1.82) is 0 Å². The first-order valence-electron chi connectivity index (χ1n) is 5.56. The molecular weight excluding hydrogens is 252 g/mol. The molecule has 19 heavy (non-hydrogen) atoms. The summed E-state index contributed by atoms with van der Waals surface area (Å²) in [5.41, 5.74) is 0.792. The molecule has 2 aromatic heterocycles. The molecule has 1 amide bonds. The van der Waals surface area contributed by atoms with Crippen LogP contribution in [0.3, 0.4) is 0 Å². The van der Waals surface area contributed by atoms with E-state index in [0.717, 1.165) is 11.9 Å². The van der Waals surface area contributed by atoms with Crippen molar-refractivity contribution in [2.45, 2.75) is 13.0 Å². The van der Waals surface area contributed by atoms with Crippen molar-refractivity contribution in [3.63, 3.8) is 0 Å². The van der Waals surface area contributed by atoms with E-state index in [1.807, 2.05) is 0 Å². The van der Waals surface area contributed by atoms with Gasteiger partial charge >= 0.3 is 5.69 Å². The molecular formula is C10H12N6O3. The van der Waals surface area contributed by atoms with Crippen LogP contribution >= 0.6 is 0 Å². The number of nitrogens with zero attached hydrogens (tertiary/aromatic N) is 4. The number of carbonyl (C=O) groups excluding carboxylic acids is 1. The second-order valence-corrected chi connectivity index (χ2v) is 3.83. The van der Waals surface area contributed by atoms with E-state index in [0.29, 0.717) is 13.0 Å². The summed E-state index contributed by atoms with van der Waals surface area (Å²) in [5, 5.41) is 16.9. The molecule has 9 heteroatoms. The third-order valence-electron chi connectivity index (χ3n) is 2.41. The van der Waals surface area contributed by atoms with Crippen LogP contribution in [0.5, 0.6) is 0 Å². The molecule has 2 heterocycles. The summed E-state index contributed by atoms with van der Waals surface area (Å²) in [7, 11) is 0. The largest absolute Gasteiger partial charge is 0.354 e. The molecule has 0 radical (unpaired) electrons. The highest BCUT2D eigenvalue weighted by Crippen LogP contribution is 2.07. The summed E-state index contributed by atoms with van der Waals surface area (Å²) in [6.07, 6.45) is 6.22. The third-order valence-corrected chi connectivity index (χ3v) is 2.41. The first-order valence-corrected chi connectivity index (χ1v) is 5.56. The SMILES string of the molecule is O=C(Cn1cc([N+](=O)[O-])cn1)NCCc1cnc[nH]1. The van der Waals surface area contributed by atoms with Crippen molar-refractivity contribution in [2.24, 2.45) is 0 Å². The number of H-pyrrole nitrogens is 1. The lowest BCUT2D eigenvalue weighted by atomic mass is 10.3. The Kier molecular flexibility index (Phi) is 3.86. The van der Waals surface area contributed by atoms with E-state index in [1.54, 1.807) is 12.5 Å². The maximum Gasteiger partial charge on any atom is 0.307 e. The van der Waals surface area contributed by atoms with Crippen LogP contribution in [-0.4, -0.2) is 37.1 Å². The van der Waals surface area contributed by atoms with E-state index < -0.39 is 4.92 Å². The number of imidazole rings is 1. The van der Waals surface area contributed by atoms with E-state index in [9.17, 15) is 14.9 Å².